The molecule has 1 aromatic heterocycles. The topological polar surface area (TPSA) is 37.2 Å². The molecule has 90 valence electrons. The first-order valence-corrected chi connectivity index (χ1v) is 5.80. The van der Waals surface area contributed by atoms with Gasteiger partial charge >= 0.3 is 0 Å². The van der Waals surface area contributed by atoms with Crippen molar-refractivity contribution in [2.24, 2.45) is 7.05 Å². The Kier molecular flexibility index (Phi) is 3.96. The van der Waals surface area contributed by atoms with Crippen molar-refractivity contribution in [3.63, 3.8) is 0 Å². The number of aliphatic hydroxyl groups excluding tert-OH is 1. The van der Waals surface area contributed by atoms with Crippen LogP contribution in [0.1, 0.15) is 17.3 Å². The first-order valence-electron chi connectivity index (χ1n) is 5.80. The van der Waals surface area contributed by atoms with Crippen molar-refractivity contribution in [2.75, 3.05) is 6.61 Å². The van der Waals surface area contributed by atoms with Crippen LogP contribution in [0.5, 0.6) is 0 Å². The maximum atomic E-state index is 9.41. The van der Waals surface area contributed by atoms with Gasteiger partial charge in [0.25, 0.3) is 0 Å². The Morgan fingerprint density at radius 1 is 1.18 bits per heavy atom. The molecule has 2 N–H and O–H groups in total. The predicted molar refractivity (Wildman–Crippen MR) is 68.5 cm³/mol. The second-order valence-electron chi connectivity index (χ2n) is 4.14. The van der Waals surface area contributed by atoms with Crippen LogP contribution in [-0.4, -0.2) is 16.3 Å². The Morgan fingerprint density at radius 3 is 2.53 bits per heavy atom. The number of nitrogens with one attached hydrogen (secondary N) is 1. The van der Waals surface area contributed by atoms with Crippen molar-refractivity contribution >= 4 is 0 Å². The van der Waals surface area contributed by atoms with Crippen LogP contribution in [0, 0.1) is 0 Å². The highest BCUT2D eigenvalue weighted by atomic mass is 16.3. The third-order valence-corrected chi connectivity index (χ3v) is 2.97. The van der Waals surface area contributed by atoms with Crippen molar-refractivity contribution < 1.29 is 5.11 Å². The summed E-state index contributed by atoms with van der Waals surface area (Å²) in [5, 5.41) is 12.8. The first-order chi connectivity index (χ1) is 8.31. The van der Waals surface area contributed by atoms with Crippen LogP contribution in [0.15, 0.2) is 48.7 Å². The van der Waals surface area contributed by atoms with Gasteiger partial charge in [-0.15, -0.1) is 0 Å². The molecule has 0 aliphatic heterocycles. The summed E-state index contributed by atoms with van der Waals surface area (Å²) in [7, 11) is 2.02. The lowest BCUT2D eigenvalue weighted by Gasteiger charge is -2.17. The molecule has 0 aliphatic carbocycles. The summed E-state index contributed by atoms with van der Waals surface area (Å²) < 4.78 is 2.08. The molecule has 0 aliphatic rings. The quantitative estimate of drug-likeness (QED) is 0.822. The highest BCUT2D eigenvalue weighted by Crippen LogP contribution is 2.12. The van der Waals surface area contributed by atoms with E-state index in [4.69, 9.17) is 0 Å². The fraction of sp³-hybridized carbons (Fsp3) is 0.286. The molecule has 0 spiro atoms. The largest absolute Gasteiger partial charge is 0.394 e. The Morgan fingerprint density at radius 2 is 1.94 bits per heavy atom. The van der Waals surface area contributed by atoms with E-state index in [1.165, 1.54) is 5.69 Å². The fourth-order valence-corrected chi connectivity index (χ4v) is 1.88. The van der Waals surface area contributed by atoms with Gasteiger partial charge in [0.1, 0.15) is 0 Å². The zero-order chi connectivity index (χ0) is 12.1. The zero-order valence-electron chi connectivity index (χ0n) is 10.0. The number of nitrogens with zero attached hydrogens (tertiary/aromatic N) is 1. The first kappa shape index (κ1) is 11.9. The van der Waals surface area contributed by atoms with Gasteiger partial charge in [-0.25, -0.2) is 0 Å². The Hall–Kier alpha value is -1.58. The smallest absolute Gasteiger partial charge is 0.0626 e. The van der Waals surface area contributed by atoms with Crippen LogP contribution in [-0.2, 0) is 13.6 Å². The van der Waals surface area contributed by atoms with Gasteiger partial charge in [-0.3, -0.25) is 0 Å². The Labute approximate surface area is 102 Å². The number of aliphatic hydroxyl groups is 1. The molecule has 2 aromatic rings. The molecule has 0 bridgehead atoms. The minimum absolute atomic E-state index is 0.00824. The second kappa shape index (κ2) is 5.66. The second-order valence-corrected chi connectivity index (χ2v) is 4.14. The maximum Gasteiger partial charge on any atom is 0.0626 e. The normalized spacial score (nSPS) is 12.6. The van der Waals surface area contributed by atoms with E-state index in [2.05, 4.69) is 16.0 Å². The maximum absolute atomic E-state index is 9.41. The lowest BCUT2D eigenvalue weighted by molar-refractivity contribution is 0.243. The van der Waals surface area contributed by atoms with Gasteiger partial charge in [0.15, 0.2) is 0 Å². The minimum Gasteiger partial charge on any atom is -0.394 e. The van der Waals surface area contributed by atoms with E-state index >= 15 is 0 Å². The van der Waals surface area contributed by atoms with Gasteiger partial charge in [0, 0.05) is 25.5 Å². The summed E-state index contributed by atoms with van der Waals surface area (Å²) in [5.74, 6) is 0. The molecule has 1 aromatic carbocycles. The van der Waals surface area contributed by atoms with Crippen LogP contribution in [0.4, 0.5) is 0 Å². The molecule has 0 fully saturated rings. The van der Waals surface area contributed by atoms with Gasteiger partial charge in [-0.2, -0.15) is 0 Å². The summed E-state index contributed by atoms with van der Waals surface area (Å²) >= 11 is 0. The third kappa shape index (κ3) is 2.96. The van der Waals surface area contributed by atoms with Crippen LogP contribution in [0.2, 0.25) is 0 Å². The van der Waals surface area contributed by atoms with Gasteiger partial charge in [-0.05, 0) is 17.7 Å². The highest BCUT2D eigenvalue weighted by molar-refractivity contribution is 5.19. The third-order valence-electron chi connectivity index (χ3n) is 2.97. The Bertz CT molecular complexity index is 450. The molecule has 2 rings (SSSR count). The van der Waals surface area contributed by atoms with E-state index in [1.54, 1.807) is 0 Å². The lowest BCUT2D eigenvalue weighted by atomic mass is 10.1. The summed E-state index contributed by atoms with van der Waals surface area (Å²) in [6, 6.07) is 14.1. The van der Waals surface area contributed by atoms with E-state index < -0.39 is 0 Å². The minimum atomic E-state index is -0.00824. The molecular formula is C14H18N2O. The highest BCUT2D eigenvalue weighted by Gasteiger charge is 2.09. The molecule has 17 heavy (non-hydrogen) atoms. The van der Waals surface area contributed by atoms with Crippen LogP contribution in [0.3, 0.4) is 0 Å². The number of aromatic nitrogens is 1. The average Bonchev–Trinajstić information content (AvgIpc) is 2.77. The molecule has 0 unspecified atom stereocenters. The fourth-order valence-electron chi connectivity index (χ4n) is 1.88. The Balaban J connectivity index is 1.99. The molecule has 3 heteroatoms. The van der Waals surface area contributed by atoms with Gasteiger partial charge < -0.3 is 15.0 Å². The van der Waals surface area contributed by atoms with Crippen molar-refractivity contribution in [2.45, 2.75) is 12.6 Å². The molecule has 0 radical (unpaired) electrons. The number of hydrogen-bond donors (Lipinski definition) is 2. The lowest BCUT2D eigenvalue weighted by Crippen LogP contribution is -2.24. The van der Waals surface area contributed by atoms with Crippen molar-refractivity contribution in [1.82, 2.24) is 9.88 Å². The van der Waals surface area contributed by atoms with E-state index in [0.717, 1.165) is 12.1 Å². The monoisotopic (exact) mass is 230 g/mol. The molecule has 3 nitrogen and oxygen atoms in total. The predicted octanol–water partition coefficient (Wildman–Crippen LogP) is 1.85. The van der Waals surface area contributed by atoms with E-state index in [-0.39, 0.29) is 12.6 Å². The summed E-state index contributed by atoms with van der Waals surface area (Å²) in [4.78, 5) is 0. The molecule has 1 heterocycles. The molecule has 0 amide bonds. The number of aryl methyl sites for hydroxylation is 1. The van der Waals surface area contributed by atoms with Gasteiger partial charge in [-0.1, -0.05) is 30.3 Å². The summed E-state index contributed by atoms with van der Waals surface area (Å²) in [6.07, 6.45) is 2.02. The van der Waals surface area contributed by atoms with Crippen LogP contribution in [0.25, 0.3) is 0 Å². The van der Waals surface area contributed by atoms with Crippen molar-refractivity contribution in [3.05, 3.63) is 59.9 Å². The van der Waals surface area contributed by atoms with Crippen molar-refractivity contribution in [1.29, 1.82) is 0 Å². The number of rotatable bonds is 5. The molecular weight excluding hydrogens is 212 g/mol. The van der Waals surface area contributed by atoms with Gasteiger partial charge in [0.2, 0.25) is 0 Å². The van der Waals surface area contributed by atoms with E-state index in [9.17, 15) is 5.11 Å². The average molecular weight is 230 g/mol. The zero-order valence-corrected chi connectivity index (χ0v) is 10.0. The van der Waals surface area contributed by atoms with E-state index in [1.807, 2.05) is 49.6 Å². The SMILES string of the molecule is Cn1cccc1CN[C@@H](CO)c1ccccc1. The molecule has 0 saturated heterocycles. The van der Waals surface area contributed by atoms with Gasteiger partial charge in [0.05, 0.1) is 12.6 Å². The molecule has 0 saturated carbocycles. The van der Waals surface area contributed by atoms with Crippen LogP contribution < -0.4 is 5.32 Å². The standard InChI is InChI=1S/C14H18N2O/c1-16-9-5-8-13(16)10-15-14(11-17)12-6-3-2-4-7-12/h2-9,14-15,17H,10-11H2,1H3/t14-/m0/s1. The van der Waals surface area contributed by atoms with Crippen LogP contribution >= 0.6 is 0 Å². The number of hydrogen-bond acceptors (Lipinski definition) is 2. The number of benzene rings is 1. The molecule has 1 atom stereocenters. The van der Waals surface area contributed by atoms with Crippen molar-refractivity contribution in [3.8, 4) is 0 Å². The summed E-state index contributed by atoms with van der Waals surface area (Å²) in [5.41, 5.74) is 2.32. The van der Waals surface area contributed by atoms with E-state index in [0.29, 0.717) is 0 Å². The summed E-state index contributed by atoms with van der Waals surface area (Å²) in [6.45, 7) is 0.859.